The lowest BCUT2D eigenvalue weighted by atomic mass is 9.63. The van der Waals surface area contributed by atoms with Crippen LogP contribution >= 0.6 is 15.9 Å². The molecule has 0 saturated heterocycles. The van der Waals surface area contributed by atoms with Crippen molar-refractivity contribution in [3.05, 3.63) is 116 Å². The number of halogens is 1. The Bertz CT molecular complexity index is 1800. The van der Waals surface area contributed by atoms with Crippen molar-refractivity contribution in [1.29, 1.82) is 0 Å². The summed E-state index contributed by atoms with van der Waals surface area (Å²) in [5, 5.41) is 2.98. The lowest BCUT2D eigenvalue weighted by molar-refractivity contribution is -0.120. The number of allylic oxidation sites excluding steroid dienone is 4. The van der Waals surface area contributed by atoms with E-state index in [4.69, 9.17) is 4.74 Å². The van der Waals surface area contributed by atoms with Gasteiger partial charge in [0.15, 0.2) is 18.2 Å². The summed E-state index contributed by atoms with van der Waals surface area (Å²) in [6.45, 7) is 13.0. The first-order valence-electron chi connectivity index (χ1n) is 16.8. The van der Waals surface area contributed by atoms with E-state index in [1.165, 1.54) is 5.56 Å². The van der Waals surface area contributed by atoms with Gasteiger partial charge in [-0.1, -0.05) is 86.1 Å². The van der Waals surface area contributed by atoms with E-state index in [9.17, 15) is 14.4 Å². The predicted octanol–water partition coefficient (Wildman–Crippen LogP) is 9.01. The van der Waals surface area contributed by atoms with Crippen molar-refractivity contribution in [2.24, 2.45) is 10.8 Å². The highest BCUT2D eigenvalue weighted by molar-refractivity contribution is 9.10. The van der Waals surface area contributed by atoms with E-state index in [-0.39, 0.29) is 34.9 Å². The Labute approximate surface area is 292 Å². The minimum atomic E-state index is -0.579. The third-order valence-electron chi connectivity index (χ3n) is 9.80. The summed E-state index contributed by atoms with van der Waals surface area (Å²) in [5.41, 5.74) is 7.68. The van der Waals surface area contributed by atoms with Crippen LogP contribution in [-0.4, -0.2) is 35.5 Å². The third-order valence-corrected chi connectivity index (χ3v) is 10.3. The van der Waals surface area contributed by atoms with Gasteiger partial charge in [-0.05, 0) is 84.9 Å². The summed E-state index contributed by atoms with van der Waals surface area (Å²) in [6, 6.07) is 22.0. The molecular formula is C41H45BrN2O4. The zero-order chi connectivity index (χ0) is 34.4. The lowest BCUT2D eigenvalue weighted by Gasteiger charge is -2.49. The summed E-state index contributed by atoms with van der Waals surface area (Å²) < 4.78 is 7.09. The van der Waals surface area contributed by atoms with E-state index in [0.717, 1.165) is 57.5 Å². The normalized spacial score (nSPS) is 18.9. The topological polar surface area (TPSA) is 75.7 Å². The molecule has 0 aromatic heterocycles. The second-order valence-electron chi connectivity index (χ2n) is 15.3. The van der Waals surface area contributed by atoms with Crippen LogP contribution in [0.1, 0.15) is 81.5 Å². The monoisotopic (exact) mass is 708 g/mol. The SMILES string of the molecule is Cc1ccc(C)c(NC(=O)COc2ccc(Br)cc2C2C3=C(CC(C)(C)CC3=O)N(CCc3ccccc3)C3=C2C(=O)CC(C)(C)C3)c1. The molecule has 0 spiro atoms. The van der Waals surface area contributed by atoms with Gasteiger partial charge in [-0.3, -0.25) is 14.4 Å². The molecule has 0 atom stereocenters. The maximum atomic E-state index is 14.3. The lowest BCUT2D eigenvalue weighted by Crippen LogP contribution is -2.45. The van der Waals surface area contributed by atoms with E-state index >= 15 is 0 Å². The van der Waals surface area contributed by atoms with Crippen LogP contribution in [0.2, 0.25) is 0 Å². The first-order valence-corrected chi connectivity index (χ1v) is 17.6. The fourth-order valence-electron chi connectivity index (χ4n) is 7.59. The molecule has 0 bridgehead atoms. The van der Waals surface area contributed by atoms with Gasteiger partial charge >= 0.3 is 0 Å². The van der Waals surface area contributed by atoms with Gasteiger partial charge in [-0.2, -0.15) is 0 Å². The van der Waals surface area contributed by atoms with Crippen molar-refractivity contribution in [2.75, 3.05) is 18.5 Å². The molecule has 1 heterocycles. The fourth-order valence-corrected chi connectivity index (χ4v) is 7.97. The molecule has 48 heavy (non-hydrogen) atoms. The van der Waals surface area contributed by atoms with E-state index in [1.54, 1.807) is 0 Å². The number of hydrogen-bond donors (Lipinski definition) is 1. The summed E-state index contributed by atoms with van der Waals surface area (Å²) in [4.78, 5) is 44.2. The fraction of sp³-hybridized carbons (Fsp3) is 0.390. The number of benzene rings is 3. The number of nitrogens with one attached hydrogen (secondary N) is 1. The Morgan fingerprint density at radius 3 is 2.10 bits per heavy atom. The molecule has 3 aromatic rings. The molecule has 2 aliphatic carbocycles. The van der Waals surface area contributed by atoms with Gasteiger partial charge in [0.1, 0.15) is 5.75 Å². The highest BCUT2D eigenvalue weighted by atomic mass is 79.9. The van der Waals surface area contributed by atoms with Gasteiger partial charge in [0, 0.05) is 63.6 Å². The largest absolute Gasteiger partial charge is 0.483 e. The first-order chi connectivity index (χ1) is 22.7. The number of ether oxygens (including phenoxy) is 1. The molecule has 0 fully saturated rings. The number of nitrogens with zero attached hydrogens (tertiary/aromatic N) is 1. The number of ketones is 2. The van der Waals surface area contributed by atoms with Crippen molar-refractivity contribution >= 4 is 39.1 Å². The summed E-state index contributed by atoms with van der Waals surface area (Å²) >= 11 is 3.66. The molecule has 3 aromatic carbocycles. The average molecular weight is 710 g/mol. The maximum absolute atomic E-state index is 14.3. The Kier molecular flexibility index (Phi) is 9.29. The number of hydrogen-bond acceptors (Lipinski definition) is 5. The Morgan fingerprint density at radius 2 is 1.48 bits per heavy atom. The highest BCUT2D eigenvalue weighted by Gasteiger charge is 2.49. The Morgan fingerprint density at radius 1 is 0.854 bits per heavy atom. The number of rotatable bonds is 8. The van der Waals surface area contributed by atoms with E-state index in [0.29, 0.717) is 36.3 Å². The van der Waals surface area contributed by atoms with Crippen LogP contribution in [0.15, 0.2) is 93.7 Å². The van der Waals surface area contributed by atoms with Crippen molar-refractivity contribution in [3.63, 3.8) is 0 Å². The molecule has 6 rings (SSSR count). The van der Waals surface area contributed by atoms with Crippen molar-refractivity contribution in [1.82, 2.24) is 4.90 Å². The van der Waals surface area contributed by atoms with Gasteiger partial charge < -0.3 is 15.0 Å². The zero-order valence-corrected chi connectivity index (χ0v) is 30.4. The van der Waals surface area contributed by atoms with Crippen LogP contribution in [-0.2, 0) is 20.8 Å². The molecule has 0 saturated carbocycles. The molecule has 250 valence electrons. The van der Waals surface area contributed by atoms with Crippen LogP contribution in [0, 0.1) is 24.7 Å². The molecule has 7 heteroatoms. The molecule has 3 aliphatic rings. The van der Waals surface area contributed by atoms with Gasteiger partial charge in [0.25, 0.3) is 5.91 Å². The van der Waals surface area contributed by atoms with Crippen LogP contribution in [0.25, 0.3) is 0 Å². The number of carbonyl (C=O) groups is 3. The predicted molar refractivity (Wildman–Crippen MR) is 194 cm³/mol. The number of anilines is 1. The standard InChI is InChI=1S/C41H45BrN2O4/c1-25-12-13-26(2)30(18-25)43-36(47)24-48-35-15-14-28(42)19-29(35)37-38-31(20-40(3,4)22-33(38)45)44(17-16-27-10-8-7-9-11-27)32-21-41(5,6)23-34(46)39(32)37/h7-15,18-19,37H,16-17,20-24H2,1-6H3,(H,43,47). The molecule has 1 aliphatic heterocycles. The van der Waals surface area contributed by atoms with Crippen LogP contribution in [0.3, 0.4) is 0 Å². The van der Waals surface area contributed by atoms with Crippen molar-refractivity contribution in [3.8, 4) is 5.75 Å². The summed E-state index contributed by atoms with van der Waals surface area (Å²) in [6.07, 6.45) is 3.06. The molecule has 0 unspecified atom stereocenters. The Balaban J connectivity index is 1.44. The van der Waals surface area contributed by atoms with Crippen molar-refractivity contribution < 1.29 is 19.1 Å². The Hall–Kier alpha value is -3.97. The van der Waals surface area contributed by atoms with Crippen LogP contribution in [0.4, 0.5) is 5.69 Å². The smallest absolute Gasteiger partial charge is 0.262 e. The van der Waals surface area contributed by atoms with E-state index in [1.807, 2.05) is 56.3 Å². The van der Waals surface area contributed by atoms with E-state index < -0.39 is 5.92 Å². The number of carbonyl (C=O) groups excluding carboxylic acids is 3. The number of amides is 1. The minimum Gasteiger partial charge on any atom is -0.483 e. The first kappa shape index (κ1) is 33.9. The van der Waals surface area contributed by atoms with Crippen molar-refractivity contribution in [2.45, 2.75) is 79.6 Å². The zero-order valence-electron chi connectivity index (χ0n) is 28.8. The highest BCUT2D eigenvalue weighted by Crippen LogP contribution is 2.55. The van der Waals surface area contributed by atoms with Gasteiger partial charge in [0.05, 0.1) is 0 Å². The van der Waals surface area contributed by atoms with Gasteiger partial charge in [-0.25, -0.2) is 0 Å². The maximum Gasteiger partial charge on any atom is 0.262 e. The van der Waals surface area contributed by atoms with Gasteiger partial charge in [-0.15, -0.1) is 0 Å². The van der Waals surface area contributed by atoms with E-state index in [2.05, 4.69) is 78.1 Å². The second-order valence-corrected chi connectivity index (χ2v) is 16.2. The molecule has 0 radical (unpaired) electrons. The number of aryl methyl sites for hydroxylation is 2. The van der Waals surface area contributed by atoms with Crippen LogP contribution in [0.5, 0.6) is 5.75 Å². The summed E-state index contributed by atoms with van der Waals surface area (Å²) in [7, 11) is 0. The quantitative estimate of drug-likeness (QED) is 0.253. The second kappa shape index (κ2) is 13.1. The molecule has 1 amide bonds. The minimum absolute atomic E-state index is 0.0683. The molecule has 1 N–H and O–H groups in total. The van der Waals surface area contributed by atoms with Crippen LogP contribution < -0.4 is 10.1 Å². The summed E-state index contributed by atoms with van der Waals surface area (Å²) in [5.74, 6) is -0.229. The third kappa shape index (κ3) is 7.07. The molecular weight excluding hydrogens is 664 g/mol. The molecule has 6 nitrogen and oxygen atoms in total. The average Bonchev–Trinajstić information content (AvgIpc) is 3.00. The number of Topliss-reactive ketones (excluding diaryl/α,β-unsaturated/α-hetero) is 2. The van der Waals surface area contributed by atoms with Gasteiger partial charge in [0.2, 0.25) is 0 Å².